The molecule has 0 aliphatic rings. The van der Waals surface area contributed by atoms with E-state index in [1.807, 2.05) is 18.3 Å². The Balaban J connectivity index is 0.00000225. The standard InChI is InChI=1S/C21H26N3.BrH/c1-16(2)19-9-7-10-20(17(3)4)21(19)24-13-12-23(15-24)14-18-8-5-6-11-22-18;/h5-13,15-17H,14H2,1-4H3;1H/q+1;/p-1. The second kappa shape index (κ2) is 8.43. The normalized spacial score (nSPS) is 11.0. The van der Waals surface area contributed by atoms with Gasteiger partial charge in [-0.1, -0.05) is 52.0 Å². The lowest BCUT2D eigenvalue weighted by atomic mass is 9.92. The molecule has 0 spiro atoms. The molecule has 132 valence electrons. The summed E-state index contributed by atoms with van der Waals surface area (Å²) >= 11 is 0. The molecule has 3 rings (SSSR count). The Morgan fingerprint density at radius 1 is 0.960 bits per heavy atom. The average molecular weight is 400 g/mol. The molecular weight excluding hydrogens is 374 g/mol. The maximum atomic E-state index is 4.42. The molecular formula is C21H26BrN3. The summed E-state index contributed by atoms with van der Waals surface area (Å²) in [5, 5.41) is 0. The van der Waals surface area contributed by atoms with E-state index < -0.39 is 0 Å². The van der Waals surface area contributed by atoms with Gasteiger partial charge in [0.25, 0.3) is 0 Å². The molecule has 0 saturated carbocycles. The van der Waals surface area contributed by atoms with E-state index in [0.717, 1.165) is 12.2 Å². The molecule has 0 aliphatic carbocycles. The van der Waals surface area contributed by atoms with Crippen molar-refractivity contribution in [3.05, 3.63) is 78.1 Å². The van der Waals surface area contributed by atoms with E-state index in [9.17, 15) is 0 Å². The maximum absolute atomic E-state index is 4.42. The fourth-order valence-corrected chi connectivity index (χ4v) is 3.11. The SMILES string of the molecule is CC(C)c1cccc(C(C)C)c1-n1cc[n+](Cc2ccccn2)c1.[Br-]. The zero-order valence-corrected chi connectivity index (χ0v) is 16.9. The van der Waals surface area contributed by atoms with E-state index in [1.54, 1.807) is 0 Å². The number of rotatable bonds is 5. The van der Waals surface area contributed by atoms with Crippen molar-refractivity contribution in [2.75, 3.05) is 0 Å². The molecule has 0 bridgehead atoms. The Kier molecular flexibility index (Phi) is 6.54. The maximum Gasteiger partial charge on any atom is 0.249 e. The third kappa shape index (κ3) is 4.37. The smallest absolute Gasteiger partial charge is 0.249 e. The Morgan fingerprint density at radius 3 is 2.20 bits per heavy atom. The monoisotopic (exact) mass is 399 g/mol. The molecule has 3 nitrogen and oxygen atoms in total. The van der Waals surface area contributed by atoms with Gasteiger partial charge in [-0.05, 0) is 24.0 Å². The third-order valence-electron chi connectivity index (χ3n) is 4.36. The lowest BCUT2D eigenvalue weighted by Gasteiger charge is -2.16. The summed E-state index contributed by atoms with van der Waals surface area (Å²) in [6, 6.07) is 12.7. The number of nitrogens with zero attached hydrogens (tertiary/aromatic N) is 3. The molecule has 2 heterocycles. The first-order valence-electron chi connectivity index (χ1n) is 8.66. The highest BCUT2D eigenvalue weighted by Crippen LogP contribution is 2.30. The lowest BCUT2D eigenvalue weighted by Crippen LogP contribution is -3.00. The predicted octanol–water partition coefficient (Wildman–Crippen LogP) is 1.46. The molecule has 25 heavy (non-hydrogen) atoms. The van der Waals surface area contributed by atoms with Gasteiger partial charge in [0.2, 0.25) is 6.33 Å². The molecule has 3 aromatic rings. The predicted molar refractivity (Wildman–Crippen MR) is 97.5 cm³/mol. The van der Waals surface area contributed by atoms with Crippen molar-refractivity contribution in [2.45, 2.75) is 46.1 Å². The minimum absolute atomic E-state index is 0. The van der Waals surface area contributed by atoms with Crippen LogP contribution < -0.4 is 21.5 Å². The molecule has 1 aromatic carbocycles. The van der Waals surface area contributed by atoms with Crippen molar-refractivity contribution >= 4 is 0 Å². The third-order valence-corrected chi connectivity index (χ3v) is 4.36. The van der Waals surface area contributed by atoms with Crippen molar-refractivity contribution in [2.24, 2.45) is 0 Å². The van der Waals surface area contributed by atoms with Crippen LogP contribution in [0.2, 0.25) is 0 Å². The Morgan fingerprint density at radius 2 is 1.64 bits per heavy atom. The number of pyridine rings is 1. The topological polar surface area (TPSA) is 21.7 Å². The number of para-hydroxylation sites is 1. The summed E-state index contributed by atoms with van der Waals surface area (Å²) in [6.07, 6.45) is 8.28. The van der Waals surface area contributed by atoms with Crippen LogP contribution in [0.3, 0.4) is 0 Å². The van der Waals surface area contributed by atoms with Gasteiger partial charge in [0.05, 0.1) is 5.69 Å². The van der Waals surface area contributed by atoms with Crippen LogP contribution in [0.15, 0.2) is 61.3 Å². The minimum Gasteiger partial charge on any atom is -1.00 e. The van der Waals surface area contributed by atoms with Gasteiger partial charge in [0, 0.05) is 17.3 Å². The molecule has 0 unspecified atom stereocenters. The van der Waals surface area contributed by atoms with Crippen molar-refractivity contribution in [1.29, 1.82) is 0 Å². The summed E-state index contributed by atoms with van der Waals surface area (Å²) in [4.78, 5) is 4.42. The Labute approximate surface area is 161 Å². The first kappa shape index (κ1) is 19.4. The highest BCUT2D eigenvalue weighted by molar-refractivity contribution is 5.50. The molecule has 4 heteroatoms. The van der Waals surface area contributed by atoms with Crippen molar-refractivity contribution < 1.29 is 21.5 Å². The fraction of sp³-hybridized carbons (Fsp3) is 0.333. The van der Waals surface area contributed by atoms with Crippen molar-refractivity contribution in [1.82, 2.24) is 9.55 Å². The molecule has 0 N–H and O–H groups in total. The fourth-order valence-electron chi connectivity index (χ4n) is 3.11. The quantitative estimate of drug-likeness (QED) is 0.595. The number of hydrogen-bond acceptors (Lipinski definition) is 1. The van der Waals surface area contributed by atoms with Crippen molar-refractivity contribution in [3.63, 3.8) is 0 Å². The summed E-state index contributed by atoms with van der Waals surface area (Å²) < 4.78 is 4.44. The van der Waals surface area contributed by atoms with Crippen LogP contribution in [0.4, 0.5) is 0 Å². The molecule has 0 atom stereocenters. The van der Waals surface area contributed by atoms with Gasteiger partial charge in [0.1, 0.15) is 24.6 Å². The zero-order chi connectivity index (χ0) is 17.1. The van der Waals surface area contributed by atoms with E-state index in [4.69, 9.17) is 0 Å². The second-order valence-corrected chi connectivity index (χ2v) is 6.91. The van der Waals surface area contributed by atoms with Crippen LogP contribution in [-0.4, -0.2) is 9.55 Å². The van der Waals surface area contributed by atoms with E-state index in [0.29, 0.717) is 11.8 Å². The van der Waals surface area contributed by atoms with Crippen molar-refractivity contribution in [3.8, 4) is 5.69 Å². The number of benzene rings is 1. The molecule has 0 radical (unpaired) electrons. The number of halogens is 1. The zero-order valence-electron chi connectivity index (χ0n) is 15.4. The highest BCUT2D eigenvalue weighted by atomic mass is 79.9. The van der Waals surface area contributed by atoms with Gasteiger partial charge < -0.3 is 17.0 Å². The van der Waals surface area contributed by atoms with Gasteiger partial charge >= 0.3 is 0 Å². The van der Waals surface area contributed by atoms with Gasteiger partial charge in [-0.15, -0.1) is 0 Å². The van der Waals surface area contributed by atoms with E-state index >= 15 is 0 Å². The van der Waals surface area contributed by atoms with Gasteiger partial charge in [-0.25, -0.2) is 9.13 Å². The van der Waals surface area contributed by atoms with E-state index in [1.165, 1.54) is 16.8 Å². The molecule has 0 amide bonds. The molecule has 0 saturated heterocycles. The van der Waals surface area contributed by atoms with Gasteiger partial charge in [-0.3, -0.25) is 4.98 Å². The first-order valence-corrected chi connectivity index (χ1v) is 8.66. The van der Waals surface area contributed by atoms with E-state index in [-0.39, 0.29) is 17.0 Å². The Hall–Kier alpha value is -1.94. The minimum atomic E-state index is 0. The summed E-state index contributed by atoms with van der Waals surface area (Å²) in [6.45, 7) is 9.82. The molecule has 0 fully saturated rings. The summed E-state index contributed by atoms with van der Waals surface area (Å²) in [5.74, 6) is 0.982. The van der Waals surface area contributed by atoms with Gasteiger partial charge in [-0.2, -0.15) is 0 Å². The number of hydrogen-bond donors (Lipinski definition) is 0. The van der Waals surface area contributed by atoms with Crippen LogP contribution in [0, 0.1) is 0 Å². The van der Waals surface area contributed by atoms with Crippen LogP contribution in [0.25, 0.3) is 5.69 Å². The van der Waals surface area contributed by atoms with E-state index in [2.05, 4.69) is 84.8 Å². The lowest BCUT2D eigenvalue weighted by molar-refractivity contribution is -0.688. The number of aromatic nitrogens is 3. The average Bonchev–Trinajstić information content (AvgIpc) is 3.03. The Bertz CT molecular complexity index is 781. The van der Waals surface area contributed by atoms with Crippen LogP contribution in [-0.2, 0) is 6.54 Å². The molecule has 2 aromatic heterocycles. The highest BCUT2D eigenvalue weighted by Gasteiger charge is 2.20. The van der Waals surface area contributed by atoms with Gasteiger partial charge in [0.15, 0.2) is 0 Å². The van der Waals surface area contributed by atoms with Crippen LogP contribution in [0.5, 0.6) is 0 Å². The van der Waals surface area contributed by atoms with Crippen LogP contribution >= 0.6 is 0 Å². The number of imidazole rings is 1. The molecule has 0 aliphatic heterocycles. The first-order chi connectivity index (χ1) is 11.6. The summed E-state index contributed by atoms with van der Waals surface area (Å²) in [7, 11) is 0. The largest absolute Gasteiger partial charge is 1.00 e. The van der Waals surface area contributed by atoms with Crippen LogP contribution in [0.1, 0.15) is 56.4 Å². The summed E-state index contributed by atoms with van der Waals surface area (Å²) in [5.41, 5.74) is 5.17. The second-order valence-electron chi connectivity index (χ2n) is 6.91.